The molecule has 0 bridgehead atoms. The number of hydrogen-bond donors (Lipinski definition) is 1. The van der Waals surface area contributed by atoms with Gasteiger partial charge in [-0.1, -0.05) is 36.8 Å². The molecule has 4 rings (SSSR count). The standard InChI is InChI=1S/C22H29N3/c1-3-8-18(9-4-1)19-10-7-11-20(16-19)24-22-17-21(12-13-23-22)25-14-5-2-6-15-25/h1,3-4,8-9,12-13,17,19-20H,2,5-7,10-11,14-16H2,(H,23,24)/t19-,20-/m1/s1. The predicted molar refractivity (Wildman–Crippen MR) is 105 cm³/mol. The van der Waals surface area contributed by atoms with E-state index < -0.39 is 0 Å². The first-order valence-corrected chi connectivity index (χ1v) is 9.91. The van der Waals surface area contributed by atoms with Crippen molar-refractivity contribution in [2.45, 2.75) is 56.9 Å². The maximum absolute atomic E-state index is 4.59. The van der Waals surface area contributed by atoms with Crippen LogP contribution < -0.4 is 10.2 Å². The Bertz CT molecular complexity index is 664. The molecule has 0 spiro atoms. The Morgan fingerprint density at radius 3 is 2.60 bits per heavy atom. The van der Waals surface area contributed by atoms with Gasteiger partial charge in [-0.3, -0.25) is 0 Å². The molecule has 2 fully saturated rings. The molecule has 1 saturated carbocycles. The maximum Gasteiger partial charge on any atom is 0.128 e. The zero-order chi connectivity index (χ0) is 16.9. The third-order valence-electron chi connectivity index (χ3n) is 5.76. The van der Waals surface area contributed by atoms with Crippen LogP contribution in [0, 0.1) is 0 Å². The van der Waals surface area contributed by atoms with Gasteiger partial charge in [0.2, 0.25) is 0 Å². The van der Waals surface area contributed by atoms with E-state index in [1.165, 1.54) is 69.3 Å². The molecule has 1 saturated heterocycles. The van der Waals surface area contributed by atoms with E-state index in [2.05, 4.69) is 57.7 Å². The number of nitrogens with zero attached hydrogens (tertiary/aromatic N) is 2. The molecule has 0 amide bonds. The van der Waals surface area contributed by atoms with Gasteiger partial charge in [0.25, 0.3) is 0 Å². The van der Waals surface area contributed by atoms with E-state index in [1.807, 2.05) is 6.20 Å². The highest BCUT2D eigenvalue weighted by Crippen LogP contribution is 2.34. The molecule has 1 N–H and O–H groups in total. The van der Waals surface area contributed by atoms with Crippen molar-refractivity contribution in [1.82, 2.24) is 4.98 Å². The Morgan fingerprint density at radius 1 is 0.920 bits per heavy atom. The van der Waals surface area contributed by atoms with Crippen molar-refractivity contribution in [3.8, 4) is 0 Å². The van der Waals surface area contributed by atoms with Crippen LogP contribution in [0.3, 0.4) is 0 Å². The largest absolute Gasteiger partial charge is 0.371 e. The highest BCUT2D eigenvalue weighted by Gasteiger charge is 2.23. The van der Waals surface area contributed by atoms with Crippen molar-refractivity contribution >= 4 is 11.5 Å². The van der Waals surface area contributed by atoms with Crippen molar-refractivity contribution in [3.63, 3.8) is 0 Å². The first-order chi connectivity index (χ1) is 12.4. The Morgan fingerprint density at radius 2 is 1.76 bits per heavy atom. The topological polar surface area (TPSA) is 28.2 Å². The van der Waals surface area contributed by atoms with Crippen LogP contribution in [-0.2, 0) is 0 Å². The second-order valence-electron chi connectivity index (χ2n) is 7.56. The number of benzene rings is 1. The third kappa shape index (κ3) is 4.15. The second-order valence-corrected chi connectivity index (χ2v) is 7.56. The third-order valence-corrected chi connectivity index (χ3v) is 5.76. The van der Waals surface area contributed by atoms with Crippen LogP contribution in [0.1, 0.15) is 56.4 Å². The average molecular weight is 335 g/mol. The minimum Gasteiger partial charge on any atom is -0.371 e. The van der Waals surface area contributed by atoms with Crippen molar-refractivity contribution in [2.24, 2.45) is 0 Å². The zero-order valence-electron chi connectivity index (χ0n) is 15.0. The molecule has 0 radical (unpaired) electrons. The number of anilines is 2. The fraction of sp³-hybridized carbons (Fsp3) is 0.500. The van der Waals surface area contributed by atoms with E-state index in [0.29, 0.717) is 12.0 Å². The normalized spacial score (nSPS) is 24.1. The quantitative estimate of drug-likeness (QED) is 0.831. The molecule has 25 heavy (non-hydrogen) atoms. The van der Waals surface area contributed by atoms with E-state index in [9.17, 15) is 0 Å². The van der Waals surface area contributed by atoms with Gasteiger partial charge < -0.3 is 10.2 Å². The van der Waals surface area contributed by atoms with Crippen LogP contribution in [0.4, 0.5) is 11.5 Å². The lowest BCUT2D eigenvalue weighted by Gasteiger charge is -2.31. The van der Waals surface area contributed by atoms with Crippen molar-refractivity contribution in [2.75, 3.05) is 23.3 Å². The monoisotopic (exact) mass is 335 g/mol. The van der Waals surface area contributed by atoms with Crippen molar-refractivity contribution < 1.29 is 0 Å². The Kier molecular flexibility index (Phi) is 5.19. The summed E-state index contributed by atoms with van der Waals surface area (Å²) >= 11 is 0. The Labute approximate surface area is 151 Å². The number of rotatable bonds is 4. The van der Waals surface area contributed by atoms with Crippen LogP contribution in [0.2, 0.25) is 0 Å². The van der Waals surface area contributed by atoms with Crippen molar-refractivity contribution in [3.05, 3.63) is 54.2 Å². The van der Waals surface area contributed by atoms with Gasteiger partial charge in [-0.05, 0) is 56.1 Å². The lowest BCUT2D eigenvalue weighted by atomic mass is 9.81. The minimum atomic E-state index is 0.531. The number of pyridine rings is 1. The van der Waals surface area contributed by atoms with Gasteiger partial charge >= 0.3 is 0 Å². The summed E-state index contributed by atoms with van der Waals surface area (Å²) in [6.45, 7) is 2.37. The Hall–Kier alpha value is -2.03. The molecule has 0 unspecified atom stereocenters. The summed E-state index contributed by atoms with van der Waals surface area (Å²) in [7, 11) is 0. The summed E-state index contributed by atoms with van der Waals surface area (Å²) in [4.78, 5) is 7.09. The minimum absolute atomic E-state index is 0.531. The van der Waals surface area contributed by atoms with Crippen molar-refractivity contribution in [1.29, 1.82) is 0 Å². The van der Waals surface area contributed by atoms with E-state index >= 15 is 0 Å². The summed E-state index contributed by atoms with van der Waals surface area (Å²) in [5.41, 5.74) is 2.82. The van der Waals surface area contributed by atoms with Gasteiger partial charge in [0.15, 0.2) is 0 Å². The molecule has 1 aliphatic heterocycles. The smallest absolute Gasteiger partial charge is 0.128 e. The molecular formula is C22H29N3. The van der Waals surface area contributed by atoms with Crippen LogP contribution in [0.5, 0.6) is 0 Å². The number of nitrogens with one attached hydrogen (secondary N) is 1. The summed E-state index contributed by atoms with van der Waals surface area (Å²) in [5, 5.41) is 3.72. The number of hydrogen-bond acceptors (Lipinski definition) is 3. The highest BCUT2D eigenvalue weighted by atomic mass is 15.1. The number of aromatic nitrogens is 1. The summed E-state index contributed by atoms with van der Waals surface area (Å²) < 4.78 is 0. The zero-order valence-corrected chi connectivity index (χ0v) is 15.0. The summed E-state index contributed by atoms with van der Waals surface area (Å²) in [6, 6.07) is 15.9. The van der Waals surface area contributed by atoms with Gasteiger partial charge in [0, 0.05) is 37.1 Å². The summed E-state index contributed by atoms with van der Waals surface area (Å²) in [6.07, 6.45) is 11.0. The van der Waals surface area contributed by atoms with Gasteiger partial charge in [-0.15, -0.1) is 0 Å². The van der Waals surface area contributed by atoms with Gasteiger partial charge in [0.1, 0.15) is 5.82 Å². The van der Waals surface area contributed by atoms with E-state index in [4.69, 9.17) is 0 Å². The first-order valence-electron chi connectivity index (χ1n) is 9.91. The average Bonchev–Trinajstić information content (AvgIpc) is 2.70. The molecule has 1 aromatic heterocycles. The van der Waals surface area contributed by atoms with E-state index in [0.717, 1.165) is 5.82 Å². The SMILES string of the molecule is c1ccc([C@@H]2CCC[C@@H](Nc3cc(N4CCCCC4)ccn3)C2)cc1. The molecular weight excluding hydrogens is 306 g/mol. The summed E-state index contributed by atoms with van der Waals surface area (Å²) in [5.74, 6) is 1.72. The predicted octanol–water partition coefficient (Wildman–Crippen LogP) is 5.21. The molecule has 1 aliphatic carbocycles. The lowest BCUT2D eigenvalue weighted by molar-refractivity contribution is 0.410. The molecule has 2 aromatic rings. The molecule has 3 nitrogen and oxygen atoms in total. The molecule has 2 atom stereocenters. The van der Waals surface area contributed by atoms with Crippen LogP contribution in [0.25, 0.3) is 0 Å². The molecule has 2 heterocycles. The van der Waals surface area contributed by atoms with Gasteiger partial charge in [-0.25, -0.2) is 4.98 Å². The van der Waals surface area contributed by atoms with Gasteiger partial charge in [-0.2, -0.15) is 0 Å². The fourth-order valence-corrected chi connectivity index (χ4v) is 4.41. The Balaban J connectivity index is 1.41. The van der Waals surface area contributed by atoms with Gasteiger partial charge in [0.05, 0.1) is 0 Å². The molecule has 3 heteroatoms. The lowest BCUT2D eigenvalue weighted by Crippen LogP contribution is -2.30. The molecule has 132 valence electrons. The highest BCUT2D eigenvalue weighted by molar-refractivity contribution is 5.54. The van der Waals surface area contributed by atoms with Crippen LogP contribution >= 0.6 is 0 Å². The van der Waals surface area contributed by atoms with E-state index in [-0.39, 0.29) is 0 Å². The second kappa shape index (κ2) is 7.90. The molecule has 1 aromatic carbocycles. The number of piperidine rings is 1. The molecule has 2 aliphatic rings. The van der Waals surface area contributed by atoms with Crippen LogP contribution in [0.15, 0.2) is 48.7 Å². The first kappa shape index (κ1) is 16.4. The van der Waals surface area contributed by atoms with Crippen LogP contribution in [-0.4, -0.2) is 24.1 Å². The fourth-order valence-electron chi connectivity index (χ4n) is 4.41. The maximum atomic E-state index is 4.59. The van der Waals surface area contributed by atoms with E-state index in [1.54, 1.807) is 0 Å².